The molecule has 3 N–H and O–H groups in total. The van der Waals surface area contributed by atoms with Crippen molar-refractivity contribution in [2.45, 2.75) is 71.9 Å². The van der Waals surface area contributed by atoms with Crippen LogP contribution in [0.15, 0.2) is 4.99 Å². The molecular formula is C20H43N5O. The lowest BCUT2D eigenvalue weighted by Crippen LogP contribution is -2.53. The van der Waals surface area contributed by atoms with E-state index in [9.17, 15) is 5.11 Å². The van der Waals surface area contributed by atoms with E-state index in [4.69, 9.17) is 0 Å². The number of rotatable bonds is 11. The molecule has 0 bridgehead atoms. The van der Waals surface area contributed by atoms with Crippen LogP contribution in [0.4, 0.5) is 0 Å². The molecule has 1 aliphatic rings. The Morgan fingerprint density at radius 1 is 1.04 bits per heavy atom. The lowest BCUT2D eigenvalue weighted by Gasteiger charge is -2.37. The van der Waals surface area contributed by atoms with Crippen LogP contribution in [0.25, 0.3) is 0 Å². The molecule has 0 aromatic rings. The van der Waals surface area contributed by atoms with E-state index < -0.39 is 5.60 Å². The first-order chi connectivity index (χ1) is 12.5. The summed E-state index contributed by atoms with van der Waals surface area (Å²) >= 11 is 0. The summed E-state index contributed by atoms with van der Waals surface area (Å²) in [5, 5.41) is 17.6. The van der Waals surface area contributed by atoms with Crippen molar-refractivity contribution in [1.82, 2.24) is 20.4 Å². The van der Waals surface area contributed by atoms with Crippen LogP contribution in [0.2, 0.25) is 0 Å². The predicted molar refractivity (Wildman–Crippen MR) is 112 cm³/mol. The largest absolute Gasteiger partial charge is 0.388 e. The molecule has 1 atom stereocenters. The second-order valence-electron chi connectivity index (χ2n) is 7.62. The lowest BCUT2D eigenvalue weighted by molar-refractivity contribution is 0.0306. The SMILES string of the molecule is CCCC(O)(CCC)CN=C(NCC)NCC(C)N1CCN(CC)CC1. The fourth-order valence-corrected chi connectivity index (χ4v) is 3.68. The fourth-order valence-electron chi connectivity index (χ4n) is 3.68. The van der Waals surface area contributed by atoms with Crippen LogP contribution in [0.5, 0.6) is 0 Å². The highest BCUT2D eigenvalue weighted by atomic mass is 16.3. The van der Waals surface area contributed by atoms with E-state index in [2.05, 4.69) is 60.0 Å². The van der Waals surface area contributed by atoms with Crippen LogP contribution in [-0.2, 0) is 0 Å². The standard InChI is InChI=1S/C20H43N5O/c1-6-10-20(26,11-7-2)17-23-19(21-8-3)22-16-18(5)25-14-12-24(9-4)13-15-25/h18,26H,6-17H2,1-5H3,(H2,21,22,23). The summed E-state index contributed by atoms with van der Waals surface area (Å²) in [5.74, 6) is 0.817. The summed E-state index contributed by atoms with van der Waals surface area (Å²) in [7, 11) is 0. The van der Waals surface area contributed by atoms with Gasteiger partial charge >= 0.3 is 0 Å². The molecule has 0 radical (unpaired) electrons. The van der Waals surface area contributed by atoms with Crippen molar-refractivity contribution in [3.05, 3.63) is 0 Å². The van der Waals surface area contributed by atoms with Gasteiger partial charge in [0.1, 0.15) is 0 Å². The molecule has 0 aromatic carbocycles. The van der Waals surface area contributed by atoms with Crippen LogP contribution in [0.1, 0.15) is 60.3 Å². The van der Waals surface area contributed by atoms with Gasteiger partial charge in [-0.3, -0.25) is 9.89 Å². The topological polar surface area (TPSA) is 63.1 Å². The Morgan fingerprint density at radius 2 is 1.65 bits per heavy atom. The molecule has 6 heteroatoms. The van der Waals surface area contributed by atoms with E-state index in [1.807, 2.05) is 0 Å². The number of likely N-dealkylation sites (N-methyl/N-ethyl adjacent to an activating group) is 1. The van der Waals surface area contributed by atoms with Crippen molar-refractivity contribution in [2.24, 2.45) is 4.99 Å². The maximum Gasteiger partial charge on any atom is 0.191 e. The number of hydrogen-bond donors (Lipinski definition) is 3. The van der Waals surface area contributed by atoms with Crippen LogP contribution in [0.3, 0.4) is 0 Å². The van der Waals surface area contributed by atoms with Gasteiger partial charge in [0.25, 0.3) is 0 Å². The Labute approximate surface area is 161 Å². The van der Waals surface area contributed by atoms with Gasteiger partial charge in [0.05, 0.1) is 12.1 Å². The Balaban J connectivity index is 2.53. The minimum atomic E-state index is -0.673. The Morgan fingerprint density at radius 3 is 2.15 bits per heavy atom. The molecule has 0 amide bonds. The predicted octanol–water partition coefficient (Wildman–Crippen LogP) is 1.90. The third kappa shape index (κ3) is 8.23. The molecule has 1 rings (SSSR count). The number of nitrogens with one attached hydrogen (secondary N) is 2. The number of piperazine rings is 1. The molecule has 0 saturated carbocycles. The molecule has 0 spiro atoms. The molecule has 1 fully saturated rings. The van der Waals surface area contributed by atoms with Crippen molar-refractivity contribution >= 4 is 5.96 Å². The number of aliphatic imine (C=N–C) groups is 1. The molecule has 0 aromatic heterocycles. The first-order valence-electron chi connectivity index (χ1n) is 10.7. The van der Waals surface area contributed by atoms with Crippen molar-refractivity contribution < 1.29 is 5.11 Å². The molecule has 1 saturated heterocycles. The van der Waals surface area contributed by atoms with Crippen molar-refractivity contribution in [1.29, 1.82) is 0 Å². The summed E-state index contributed by atoms with van der Waals surface area (Å²) in [6, 6.07) is 0.475. The third-order valence-corrected chi connectivity index (χ3v) is 5.35. The van der Waals surface area contributed by atoms with Crippen molar-refractivity contribution in [3.63, 3.8) is 0 Å². The van der Waals surface area contributed by atoms with Crippen LogP contribution in [-0.4, -0.2) is 84.9 Å². The first kappa shape index (κ1) is 23.2. The van der Waals surface area contributed by atoms with Gasteiger partial charge in [0, 0.05) is 45.3 Å². The van der Waals surface area contributed by atoms with E-state index >= 15 is 0 Å². The molecule has 1 aliphatic heterocycles. The molecule has 154 valence electrons. The Hall–Kier alpha value is -0.850. The van der Waals surface area contributed by atoms with Gasteiger partial charge in [-0.2, -0.15) is 0 Å². The zero-order chi connectivity index (χ0) is 19.4. The molecule has 0 aliphatic carbocycles. The smallest absolute Gasteiger partial charge is 0.191 e. The van der Waals surface area contributed by atoms with Gasteiger partial charge in [-0.25, -0.2) is 0 Å². The molecule has 6 nitrogen and oxygen atoms in total. The van der Waals surface area contributed by atoms with Crippen LogP contribution in [0, 0.1) is 0 Å². The minimum absolute atomic E-state index is 0.466. The monoisotopic (exact) mass is 369 g/mol. The highest BCUT2D eigenvalue weighted by Gasteiger charge is 2.25. The molecular weight excluding hydrogens is 326 g/mol. The highest BCUT2D eigenvalue weighted by Crippen LogP contribution is 2.19. The quantitative estimate of drug-likeness (QED) is 0.383. The van der Waals surface area contributed by atoms with E-state index in [0.717, 1.165) is 77.5 Å². The maximum atomic E-state index is 10.8. The number of guanidine groups is 1. The van der Waals surface area contributed by atoms with Gasteiger partial charge in [0.2, 0.25) is 0 Å². The van der Waals surface area contributed by atoms with Gasteiger partial charge in [-0.05, 0) is 33.2 Å². The average molecular weight is 370 g/mol. The fraction of sp³-hybridized carbons (Fsp3) is 0.950. The van der Waals surface area contributed by atoms with Crippen LogP contribution < -0.4 is 10.6 Å². The second kappa shape index (κ2) is 12.5. The first-order valence-corrected chi connectivity index (χ1v) is 10.7. The average Bonchev–Trinajstić information content (AvgIpc) is 2.64. The summed E-state index contributed by atoms with van der Waals surface area (Å²) in [5.41, 5.74) is -0.673. The van der Waals surface area contributed by atoms with Gasteiger partial charge < -0.3 is 20.6 Å². The van der Waals surface area contributed by atoms with E-state index in [1.165, 1.54) is 0 Å². The lowest BCUT2D eigenvalue weighted by atomic mass is 9.93. The summed E-state index contributed by atoms with van der Waals surface area (Å²) < 4.78 is 0. The third-order valence-electron chi connectivity index (χ3n) is 5.35. The molecule has 1 heterocycles. The normalized spacial score (nSPS) is 18.8. The maximum absolute atomic E-state index is 10.8. The molecule has 26 heavy (non-hydrogen) atoms. The summed E-state index contributed by atoms with van der Waals surface area (Å²) in [4.78, 5) is 9.74. The Bertz CT molecular complexity index is 388. The van der Waals surface area contributed by atoms with Crippen LogP contribution >= 0.6 is 0 Å². The van der Waals surface area contributed by atoms with Crippen molar-refractivity contribution in [3.8, 4) is 0 Å². The Kier molecular flexibility index (Phi) is 11.2. The minimum Gasteiger partial charge on any atom is -0.388 e. The number of nitrogens with zero attached hydrogens (tertiary/aromatic N) is 3. The van der Waals surface area contributed by atoms with Gasteiger partial charge in [-0.1, -0.05) is 33.6 Å². The van der Waals surface area contributed by atoms with Gasteiger partial charge in [-0.15, -0.1) is 0 Å². The zero-order valence-corrected chi connectivity index (χ0v) is 17.9. The summed E-state index contributed by atoms with van der Waals surface area (Å²) in [6.45, 7) is 18.7. The van der Waals surface area contributed by atoms with E-state index in [-0.39, 0.29) is 0 Å². The van der Waals surface area contributed by atoms with E-state index in [1.54, 1.807) is 0 Å². The second-order valence-corrected chi connectivity index (χ2v) is 7.62. The van der Waals surface area contributed by atoms with E-state index in [0.29, 0.717) is 12.6 Å². The summed E-state index contributed by atoms with van der Waals surface area (Å²) in [6.07, 6.45) is 3.58. The molecule has 1 unspecified atom stereocenters. The highest BCUT2D eigenvalue weighted by molar-refractivity contribution is 5.79. The van der Waals surface area contributed by atoms with Gasteiger partial charge in [0.15, 0.2) is 5.96 Å². The number of aliphatic hydroxyl groups is 1. The zero-order valence-electron chi connectivity index (χ0n) is 17.9. The van der Waals surface area contributed by atoms with Crippen molar-refractivity contribution in [2.75, 3.05) is 52.4 Å². The number of hydrogen-bond acceptors (Lipinski definition) is 4.